The van der Waals surface area contributed by atoms with Crippen molar-refractivity contribution in [2.24, 2.45) is 0 Å². The zero-order valence-electron chi connectivity index (χ0n) is 7.95. The predicted molar refractivity (Wildman–Crippen MR) is 61.3 cm³/mol. The molecular weight excluding hydrogens is 203 g/mol. The third-order valence-corrected chi connectivity index (χ3v) is 1.11. The molecule has 14 heavy (non-hydrogen) atoms. The summed E-state index contributed by atoms with van der Waals surface area (Å²) in [4.78, 5) is 0. The van der Waals surface area contributed by atoms with Crippen molar-refractivity contribution in [1.29, 1.82) is 0 Å². The van der Waals surface area contributed by atoms with Gasteiger partial charge in [-0.15, -0.1) is 0 Å². The molecule has 0 fully saturated rings. The topological polar surface area (TPSA) is 0 Å². The van der Waals surface area contributed by atoms with Crippen molar-refractivity contribution in [3.63, 3.8) is 0 Å². The van der Waals surface area contributed by atoms with Crippen molar-refractivity contribution in [3.8, 4) is 0 Å². The third-order valence-electron chi connectivity index (χ3n) is 1.11. The standard InChI is InChI=1S/2C5H5.3B.V/c2*1-2-4-5-3-1;;;;/h2*1-5H;;;;/q5*-1;. The first-order valence-electron chi connectivity index (χ1n) is 3.33. The molecule has 0 spiro atoms. The maximum atomic E-state index is 2.00. The quantitative estimate of drug-likeness (QED) is 0.461. The molecule has 0 saturated carbocycles. The van der Waals surface area contributed by atoms with Gasteiger partial charge >= 0.3 is 0 Å². The van der Waals surface area contributed by atoms with E-state index < -0.39 is 0 Å². The van der Waals surface area contributed by atoms with E-state index in [0.29, 0.717) is 0 Å². The smallest absolute Gasteiger partial charge is 0 e. The minimum Gasteiger partial charge on any atom is -1.00 e. The summed E-state index contributed by atoms with van der Waals surface area (Å²) in [6.45, 7) is 0. The Morgan fingerprint density at radius 1 is 0.500 bits per heavy atom. The molecule has 4 heteroatoms. The fraction of sp³-hybridized carbons (Fsp3) is 0. The zero-order valence-corrected chi connectivity index (χ0v) is 9.35. The molecule has 0 heterocycles. The van der Waals surface area contributed by atoms with Crippen LogP contribution in [-0.2, 0) is 18.6 Å². The van der Waals surface area contributed by atoms with Crippen LogP contribution in [0.15, 0.2) is 60.7 Å². The average molecular weight is 214 g/mol. The van der Waals surface area contributed by atoms with Gasteiger partial charge in [-0.25, -0.2) is 24.3 Å². The maximum absolute atomic E-state index is 2.00. The molecule has 2 rings (SSSR count). The van der Waals surface area contributed by atoms with Crippen LogP contribution in [0.25, 0.3) is 0 Å². The minimum absolute atomic E-state index is 0. The Morgan fingerprint density at radius 2 is 0.714 bits per heavy atom. The van der Waals surface area contributed by atoms with E-state index in [-0.39, 0.29) is 43.8 Å². The molecule has 2 aromatic carbocycles. The summed E-state index contributed by atoms with van der Waals surface area (Å²) in [5.41, 5.74) is 0. The maximum Gasteiger partial charge on any atom is 0 e. The second-order valence-electron chi connectivity index (χ2n) is 1.92. The van der Waals surface area contributed by atoms with Crippen LogP contribution in [0.3, 0.4) is 0 Å². The van der Waals surface area contributed by atoms with Gasteiger partial charge in [-0.3, -0.25) is 0 Å². The molecule has 0 aliphatic rings. The van der Waals surface area contributed by atoms with Crippen molar-refractivity contribution < 1.29 is 18.6 Å². The molecule has 0 bridgehead atoms. The second-order valence-corrected chi connectivity index (χ2v) is 1.92. The van der Waals surface area contributed by atoms with Gasteiger partial charge in [0.25, 0.3) is 0 Å². The molecule has 2 aromatic rings. The fourth-order valence-electron chi connectivity index (χ4n) is 0.642. The van der Waals surface area contributed by atoms with E-state index in [1.807, 2.05) is 60.7 Å². The molecule has 69 valence electrons. The molecule has 0 nitrogen and oxygen atoms in total. The molecule has 0 saturated heterocycles. The Hall–Kier alpha value is -0.521. The van der Waals surface area contributed by atoms with Gasteiger partial charge in [0.15, 0.2) is 0 Å². The third kappa shape index (κ3) is 14.0. The SMILES string of the molecule is [B-].[B-].[B-].[V].c1cc[cH-]c1.c1cc[cH-]c1. The number of hydrogen-bond donors (Lipinski definition) is 0. The summed E-state index contributed by atoms with van der Waals surface area (Å²) in [5.74, 6) is 0. The fourth-order valence-corrected chi connectivity index (χ4v) is 0.642. The van der Waals surface area contributed by atoms with Crippen molar-refractivity contribution in [2.75, 3.05) is 0 Å². The van der Waals surface area contributed by atoms with Gasteiger partial charge in [0.2, 0.25) is 0 Å². The van der Waals surface area contributed by atoms with Gasteiger partial charge in [0, 0.05) is 18.6 Å². The number of hydrogen-bond acceptors (Lipinski definition) is 0. The first-order valence-corrected chi connectivity index (χ1v) is 3.33. The predicted octanol–water partition coefficient (Wildman–Crippen LogP) is 1.67. The Kier molecular flexibility index (Phi) is 30.5. The van der Waals surface area contributed by atoms with Crippen LogP contribution in [0.1, 0.15) is 0 Å². The van der Waals surface area contributed by atoms with Crippen LogP contribution in [-0.4, -0.2) is 25.2 Å². The van der Waals surface area contributed by atoms with Crippen LogP contribution >= 0.6 is 0 Å². The van der Waals surface area contributed by atoms with E-state index in [1.165, 1.54) is 0 Å². The Morgan fingerprint density at radius 3 is 0.786 bits per heavy atom. The summed E-state index contributed by atoms with van der Waals surface area (Å²) in [7, 11) is 0. The van der Waals surface area contributed by atoms with E-state index in [9.17, 15) is 0 Å². The van der Waals surface area contributed by atoms with Gasteiger partial charge < -0.3 is 25.2 Å². The molecule has 0 aliphatic heterocycles. The molecular formula is C10H10B3V-5. The first kappa shape index (κ1) is 23.4. The molecule has 13 radical (unpaired) electrons. The van der Waals surface area contributed by atoms with Crippen molar-refractivity contribution in [1.82, 2.24) is 0 Å². The molecule has 0 unspecified atom stereocenters. The molecule has 0 aliphatic carbocycles. The Balaban J connectivity index is -0.0000000556. The van der Waals surface area contributed by atoms with E-state index in [0.717, 1.165) is 0 Å². The normalized spacial score (nSPS) is 5.71. The summed E-state index contributed by atoms with van der Waals surface area (Å²) in [6, 6.07) is 20.0. The first-order chi connectivity index (χ1) is 5.00. The van der Waals surface area contributed by atoms with Crippen molar-refractivity contribution in [2.45, 2.75) is 0 Å². The van der Waals surface area contributed by atoms with E-state index in [2.05, 4.69) is 0 Å². The summed E-state index contributed by atoms with van der Waals surface area (Å²) in [6.07, 6.45) is 0. The largest absolute Gasteiger partial charge is 1.00 e. The van der Waals surface area contributed by atoms with E-state index in [4.69, 9.17) is 0 Å². The summed E-state index contributed by atoms with van der Waals surface area (Å²) >= 11 is 0. The monoisotopic (exact) mass is 214 g/mol. The van der Waals surface area contributed by atoms with Gasteiger partial charge in [0.05, 0.1) is 0 Å². The van der Waals surface area contributed by atoms with Crippen molar-refractivity contribution >= 4 is 25.2 Å². The van der Waals surface area contributed by atoms with Crippen molar-refractivity contribution in [3.05, 3.63) is 60.7 Å². The minimum atomic E-state index is 0. The van der Waals surface area contributed by atoms with Gasteiger partial charge in [-0.1, -0.05) is 0 Å². The molecule has 0 atom stereocenters. The van der Waals surface area contributed by atoms with Crippen LogP contribution in [0, 0.1) is 0 Å². The zero-order chi connectivity index (χ0) is 7.07. The van der Waals surface area contributed by atoms with Gasteiger partial charge in [-0.05, 0) is 0 Å². The summed E-state index contributed by atoms with van der Waals surface area (Å²) < 4.78 is 0. The summed E-state index contributed by atoms with van der Waals surface area (Å²) in [5, 5.41) is 0. The number of rotatable bonds is 0. The van der Waals surface area contributed by atoms with Gasteiger partial charge in [-0.2, -0.15) is 36.4 Å². The molecule has 0 aromatic heterocycles. The molecule has 0 amide bonds. The van der Waals surface area contributed by atoms with Crippen LogP contribution < -0.4 is 0 Å². The van der Waals surface area contributed by atoms with E-state index >= 15 is 0 Å². The molecule has 0 N–H and O–H groups in total. The Labute approximate surface area is 104 Å². The van der Waals surface area contributed by atoms with Crippen LogP contribution in [0.2, 0.25) is 0 Å². The average Bonchev–Trinajstić information content (AvgIpc) is 2.67. The Bertz CT molecular complexity index is 155. The van der Waals surface area contributed by atoms with Crippen LogP contribution in [0.4, 0.5) is 0 Å². The van der Waals surface area contributed by atoms with Crippen LogP contribution in [0.5, 0.6) is 0 Å². The van der Waals surface area contributed by atoms with E-state index in [1.54, 1.807) is 0 Å². The second kappa shape index (κ2) is 18.3. The van der Waals surface area contributed by atoms with Gasteiger partial charge in [0.1, 0.15) is 0 Å².